The Labute approximate surface area is 107 Å². The summed E-state index contributed by atoms with van der Waals surface area (Å²) in [6.07, 6.45) is -3.15. The molecule has 0 aromatic carbocycles. The second-order valence-corrected chi connectivity index (χ2v) is 3.76. The van der Waals surface area contributed by atoms with Gasteiger partial charge < -0.3 is 10.6 Å². The van der Waals surface area contributed by atoms with Crippen molar-refractivity contribution in [3.8, 4) is 0 Å². The number of nitrogens with one attached hydrogen (secondary N) is 2. The van der Waals surface area contributed by atoms with Crippen molar-refractivity contribution in [3.05, 3.63) is 29.6 Å². The molecule has 19 heavy (non-hydrogen) atoms. The van der Waals surface area contributed by atoms with Gasteiger partial charge in [0.1, 0.15) is 6.54 Å². The predicted molar refractivity (Wildman–Crippen MR) is 60.4 cm³/mol. The second-order valence-electron chi connectivity index (χ2n) is 3.76. The van der Waals surface area contributed by atoms with Crippen molar-refractivity contribution in [1.29, 1.82) is 0 Å². The van der Waals surface area contributed by atoms with Crippen LogP contribution in [0.3, 0.4) is 0 Å². The van der Waals surface area contributed by atoms with Gasteiger partial charge >= 0.3 is 6.18 Å². The molecular weight excluding hydrogens is 263 g/mol. The number of carbonyl (C=O) groups is 2. The predicted octanol–water partition coefficient (Wildman–Crippen LogP) is 0.798. The fourth-order valence-corrected chi connectivity index (χ4v) is 1.13. The van der Waals surface area contributed by atoms with Gasteiger partial charge in [-0.3, -0.25) is 14.6 Å². The Morgan fingerprint density at radius 1 is 1.26 bits per heavy atom. The lowest BCUT2D eigenvalue weighted by atomic mass is 10.2. The van der Waals surface area contributed by atoms with Crippen molar-refractivity contribution >= 4 is 11.8 Å². The molecular formula is C11H12F3N3O2. The van der Waals surface area contributed by atoms with E-state index >= 15 is 0 Å². The summed E-state index contributed by atoms with van der Waals surface area (Å²) in [7, 11) is 0. The SMILES string of the molecule is Cc1ccc(C(=O)NCC(=O)NCC(F)(F)F)cn1. The number of hydrogen-bond donors (Lipinski definition) is 2. The minimum Gasteiger partial charge on any atom is -0.345 e. The number of nitrogens with zero attached hydrogens (tertiary/aromatic N) is 1. The zero-order valence-corrected chi connectivity index (χ0v) is 10.0. The van der Waals surface area contributed by atoms with E-state index in [1.54, 1.807) is 18.3 Å². The van der Waals surface area contributed by atoms with Crippen LogP contribution in [-0.4, -0.2) is 36.1 Å². The average molecular weight is 275 g/mol. The van der Waals surface area contributed by atoms with Crippen LogP contribution in [0, 0.1) is 6.92 Å². The Hall–Kier alpha value is -2.12. The quantitative estimate of drug-likeness (QED) is 0.853. The highest BCUT2D eigenvalue weighted by Gasteiger charge is 2.27. The molecule has 0 saturated heterocycles. The largest absolute Gasteiger partial charge is 0.405 e. The molecule has 2 N–H and O–H groups in total. The number of aromatic nitrogens is 1. The van der Waals surface area contributed by atoms with Gasteiger partial charge in [-0.15, -0.1) is 0 Å². The zero-order chi connectivity index (χ0) is 14.5. The van der Waals surface area contributed by atoms with E-state index in [1.165, 1.54) is 12.3 Å². The van der Waals surface area contributed by atoms with Gasteiger partial charge in [0.05, 0.1) is 12.1 Å². The first-order chi connectivity index (χ1) is 8.78. The number of pyridine rings is 1. The number of rotatable bonds is 4. The number of hydrogen-bond acceptors (Lipinski definition) is 3. The Morgan fingerprint density at radius 2 is 1.95 bits per heavy atom. The molecule has 0 unspecified atom stereocenters. The smallest absolute Gasteiger partial charge is 0.345 e. The molecule has 104 valence electrons. The lowest BCUT2D eigenvalue weighted by Gasteiger charge is -2.09. The van der Waals surface area contributed by atoms with E-state index in [0.717, 1.165) is 5.69 Å². The summed E-state index contributed by atoms with van der Waals surface area (Å²) in [4.78, 5) is 26.4. The van der Waals surface area contributed by atoms with E-state index in [1.807, 2.05) is 0 Å². The van der Waals surface area contributed by atoms with Crippen molar-refractivity contribution < 1.29 is 22.8 Å². The number of alkyl halides is 3. The van der Waals surface area contributed by atoms with E-state index in [4.69, 9.17) is 0 Å². The minimum absolute atomic E-state index is 0.231. The van der Waals surface area contributed by atoms with Gasteiger partial charge in [-0.25, -0.2) is 0 Å². The molecule has 1 heterocycles. The van der Waals surface area contributed by atoms with Crippen LogP contribution in [0.1, 0.15) is 16.1 Å². The molecule has 8 heteroatoms. The zero-order valence-electron chi connectivity index (χ0n) is 10.0. The lowest BCUT2D eigenvalue weighted by Crippen LogP contribution is -2.40. The van der Waals surface area contributed by atoms with Crippen LogP contribution >= 0.6 is 0 Å². The topological polar surface area (TPSA) is 71.1 Å². The first-order valence-corrected chi connectivity index (χ1v) is 5.32. The lowest BCUT2D eigenvalue weighted by molar-refractivity contribution is -0.137. The molecule has 0 aliphatic heterocycles. The normalized spacial score (nSPS) is 10.9. The van der Waals surface area contributed by atoms with Crippen LogP contribution < -0.4 is 10.6 Å². The van der Waals surface area contributed by atoms with E-state index in [0.29, 0.717) is 0 Å². The summed E-state index contributed by atoms with van der Waals surface area (Å²) >= 11 is 0. The van der Waals surface area contributed by atoms with Gasteiger partial charge in [0.25, 0.3) is 5.91 Å². The molecule has 0 bridgehead atoms. The fourth-order valence-electron chi connectivity index (χ4n) is 1.13. The standard InChI is InChI=1S/C11H12F3N3O2/c1-7-2-3-8(4-15-7)10(19)16-5-9(18)17-6-11(12,13)14/h2-4H,5-6H2,1H3,(H,16,19)(H,17,18). The van der Waals surface area contributed by atoms with Crippen molar-refractivity contribution in [2.24, 2.45) is 0 Å². The fraction of sp³-hybridized carbons (Fsp3) is 0.364. The number of halogens is 3. The molecule has 0 radical (unpaired) electrons. The minimum atomic E-state index is -4.47. The molecule has 0 spiro atoms. The molecule has 2 amide bonds. The van der Waals surface area contributed by atoms with E-state index in [2.05, 4.69) is 10.3 Å². The average Bonchev–Trinajstić information content (AvgIpc) is 2.33. The van der Waals surface area contributed by atoms with Crippen molar-refractivity contribution in [3.63, 3.8) is 0 Å². The van der Waals surface area contributed by atoms with Gasteiger partial charge in [-0.05, 0) is 19.1 Å². The monoisotopic (exact) mass is 275 g/mol. The number of carbonyl (C=O) groups excluding carboxylic acids is 2. The molecule has 0 aliphatic rings. The summed E-state index contributed by atoms with van der Waals surface area (Å²) < 4.78 is 35.4. The maximum Gasteiger partial charge on any atom is 0.405 e. The summed E-state index contributed by atoms with van der Waals surface area (Å²) in [5.41, 5.74) is 0.952. The third kappa shape index (κ3) is 5.84. The molecule has 0 fully saturated rings. The van der Waals surface area contributed by atoms with Crippen LogP contribution in [0.25, 0.3) is 0 Å². The number of amides is 2. The third-order valence-electron chi connectivity index (χ3n) is 2.07. The van der Waals surface area contributed by atoms with E-state index in [9.17, 15) is 22.8 Å². The van der Waals surface area contributed by atoms with Crippen molar-refractivity contribution in [1.82, 2.24) is 15.6 Å². The summed E-state index contributed by atoms with van der Waals surface area (Å²) in [6, 6.07) is 3.12. The summed E-state index contributed by atoms with van der Waals surface area (Å²) in [5, 5.41) is 3.84. The Morgan fingerprint density at radius 3 is 2.47 bits per heavy atom. The molecule has 0 saturated carbocycles. The molecule has 1 rings (SSSR count). The molecule has 0 aliphatic carbocycles. The first-order valence-electron chi connectivity index (χ1n) is 5.32. The van der Waals surface area contributed by atoms with Crippen LogP contribution in [-0.2, 0) is 4.79 Å². The van der Waals surface area contributed by atoms with Gasteiger partial charge in [0.15, 0.2) is 0 Å². The second kappa shape index (κ2) is 6.17. The Balaban J connectivity index is 2.38. The molecule has 0 atom stereocenters. The van der Waals surface area contributed by atoms with Gasteiger partial charge in [0.2, 0.25) is 5.91 Å². The van der Waals surface area contributed by atoms with Gasteiger partial charge in [-0.2, -0.15) is 13.2 Å². The van der Waals surface area contributed by atoms with E-state index in [-0.39, 0.29) is 5.56 Å². The van der Waals surface area contributed by atoms with Crippen molar-refractivity contribution in [2.75, 3.05) is 13.1 Å². The van der Waals surface area contributed by atoms with Crippen LogP contribution in [0.5, 0.6) is 0 Å². The molecule has 1 aromatic rings. The third-order valence-corrected chi connectivity index (χ3v) is 2.07. The van der Waals surface area contributed by atoms with Crippen molar-refractivity contribution in [2.45, 2.75) is 13.1 Å². The van der Waals surface area contributed by atoms with Gasteiger partial charge in [0, 0.05) is 11.9 Å². The van der Waals surface area contributed by atoms with Crippen LogP contribution in [0.2, 0.25) is 0 Å². The summed E-state index contributed by atoms with van der Waals surface area (Å²) in [5.74, 6) is -1.49. The van der Waals surface area contributed by atoms with Gasteiger partial charge in [-0.1, -0.05) is 0 Å². The molecule has 1 aromatic heterocycles. The van der Waals surface area contributed by atoms with Crippen LogP contribution in [0.4, 0.5) is 13.2 Å². The molecule has 5 nitrogen and oxygen atoms in total. The highest BCUT2D eigenvalue weighted by Crippen LogP contribution is 2.11. The maximum atomic E-state index is 11.8. The maximum absolute atomic E-state index is 11.8. The van der Waals surface area contributed by atoms with Crippen LogP contribution in [0.15, 0.2) is 18.3 Å². The highest BCUT2D eigenvalue weighted by atomic mass is 19.4. The highest BCUT2D eigenvalue weighted by molar-refractivity contribution is 5.96. The summed E-state index contributed by atoms with van der Waals surface area (Å²) in [6.45, 7) is -0.206. The Bertz CT molecular complexity index is 457. The Kier molecular flexibility index (Phi) is 4.85. The van der Waals surface area contributed by atoms with E-state index < -0.39 is 31.1 Å². The first kappa shape index (κ1) is 14.9. The number of aryl methyl sites for hydroxylation is 1.